The van der Waals surface area contributed by atoms with Gasteiger partial charge in [0.2, 0.25) is 5.95 Å². The third-order valence-electron chi connectivity index (χ3n) is 4.80. The molecule has 1 aliphatic rings. The van der Waals surface area contributed by atoms with E-state index in [1.165, 1.54) is 4.90 Å². The Hall–Kier alpha value is -3.88. The Labute approximate surface area is 174 Å². The van der Waals surface area contributed by atoms with Crippen molar-refractivity contribution in [2.24, 2.45) is 0 Å². The summed E-state index contributed by atoms with van der Waals surface area (Å²) in [5, 5.41) is 3.20. The molecular formula is C21H23N7O2. The van der Waals surface area contributed by atoms with Gasteiger partial charge in [0.1, 0.15) is 11.6 Å². The van der Waals surface area contributed by atoms with Crippen molar-refractivity contribution in [1.29, 1.82) is 0 Å². The lowest BCUT2D eigenvalue weighted by molar-refractivity contribution is 0.213. The number of carbonyl (C=O) groups is 1. The molecule has 0 spiro atoms. The zero-order chi connectivity index (χ0) is 21.3. The summed E-state index contributed by atoms with van der Waals surface area (Å²) in [4.78, 5) is 31.4. The predicted octanol–water partition coefficient (Wildman–Crippen LogP) is 3.39. The number of hydrogen-bond donors (Lipinski definition) is 1. The minimum atomic E-state index is -0.208. The number of aromatic nitrogens is 3. The number of ether oxygens (including phenoxy) is 1. The molecule has 0 bridgehead atoms. The molecule has 3 aromatic rings. The van der Waals surface area contributed by atoms with Gasteiger partial charge < -0.3 is 19.9 Å². The van der Waals surface area contributed by atoms with Gasteiger partial charge in [-0.3, -0.25) is 0 Å². The summed E-state index contributed by atoms with van der Waals surface area (Å²) in [7, 11) is 7.29. The highest BCUT2D eigenvalue weighted by atomic mass is 16.5. The van der Waals surface area contributed by atoms with Crippen LogP contribution in [0.3, 0.4) is 0 Å². The van der Waals surface area contributed by atoms with Crippen LogP contribution in [0.5, 0.6) is 5.75 Å². The molecule has 0 fully saturated rings. The lowest BCUT2D eigenvalue weighted by Crippen LogP contribution is -2.43. The van der Waals surface area contributed by atoms with Gasteiger partial charge in [0.15, 0.2) is 5.82 Å². The fourth-order valence-corrected chi connectivity index (χ4v) is 3.15. The number of pyridine rings is 1. The number of amides is 2. The summed E-state index contributed by atoms with van der Waals surface area (Å²) < 4.78 is 5.17. The number of anilines is 5. The number of urea groups is 1. The van der Waals surface area contributed by atoms with Crippen molar-refractivity contribution in [2.45, 2.75) is 6.54 Å². The number of hydrogen-bond acceptors (Lipinski definition) is 7. The number of nitrogens with zero attached hydrogens (tertiary/aromatic N) is 6. The third kappa shape index (κ3) is 3.69. The smallest absolute Gasteiger partial charge is 0.331 e. The lowest BCUT2D eigenvalue weighted by Gasteiger charge is -2.33. The Morgan fingerprint density at radius 1 is 1.07 bits per heavy atom. The Bertz CT molecular complexity index is 1050. The number of carbonyl (C=O) groups excluding carboxylic acids is 1. The molecule has 1 aliphatic heterocycles. The van der Waals surface area contributed by atoms with Crippen molar-refractivity contribution in [3.8, 4) is 5.75 Å². The summed E-state index contributed by atoms with van der Waals surface area (Å²) in [6.07, 6.45) is 3.31. The molecule has 0 radical (unpaired) electrons. The molecule has 2 amide bonds. The van der Waals surface area contributed by atoms with Crippen molar-refractivity contribution in [3.05, 3.63) is 54.4 Å². The molecule has 0 atom stereocenters. The van der Waals surface area contributed by atoms with E-state index < -0.39 is 0 Å². The molecule has 4 rings (SSSR count). The molecule has 0 unspecified atom stereocenters. The van der Waals surface area contributed by atoms with E-state index in [0.29, 0.717) is 29.9 Å². The summed E-state index contributed by atoms with van der Waals surface area (Å²) in [5.74, 6) is 2.00. The van der Waals surface area contributed by atoms with Crippen LogP contribution in [0.1, 0.15) is 5.56 Å². The molecule has 0 saturated heterocycles. The largest absolute Gasteiger partial charge is 0.495 e. The fraction of sp³-hybridized carbons (Fsp3) is 0.238. The molecule has 9 heteroatoms. The number of fused-ring (bicyclic) bond motifs is 1. The van der Waals surface area contributed by atoms with Crippen LogP contribution >= 0.6 is 0 Å². The van der Waals surface area contributed by atoms with E-state index in [9.17, 15) is 4.79 Å². The molecule has 0 saturated carbocycles. The summed E-state index contributed by atoms with van der Waals surface area (Å²) in [5.41, 5.74) is 2.79. The molecule has 30 heavy (non-hydrogen) atoms. The van der Waals surface area contributed by atoms with Gasteiger partial charge in [-0.25, -0.2) is 19.7 Å². The summed E-state index contributed by atoms with van der Waals surface area (Å²) in [6, 6.07) is 11.2. The second-order valence-corrected chi connectivity index (χ2v) is 7.14. The van der Waals surface area contributed by atoms with E-state index in [2.05, 4.69) is 20.3 Å². The standard InChI is InChI=1S/C21H23N7O2/c1-26(2)16-7-5-15(6-8-16)24-20-23-11-14-13-27(3)21(29)28(19(14)25-20)18-10-9-17(30-4)12-22-18/h5-12H,13H2,1-4H3,(H,23,24,25). The maximum absolute atomic E-state index is 12.9. The summed E-state index contributed by atoms with van der Waals surface area (Å²) >= 11 is 0. The Kier molecular flexibility index (Phi) is 5.09. The van der Waals surface area contributed by atoms with Crippen LogP contribution < -0.4 is 19.9 Å². The molecule has 0 aliphatic carbocycles. The average molecular weight is 405 g/mol. The highest BCUT2D eigenvalue weighted by Crippen LogP contribution is 2.33. The van der Waals surface area contributed by atoms with Crippen molar-refractivity contribution >= 4 is 35.0 Å². The summed E-state index contributed by atoms with van der Waals surface area (Å²) in [6.45, 7) is 0.429. The van der Waals surface area contributed by atoms with Gasteiger partial charge in [0.05, 0.1) is 19.9 Å². The first kappa shape index (κ1) is 19.4. The van der Waals surface area contributed by atoms with Gasteiger partial charge in [0.25, 0.3) is 0 Å². The molecule has 9 nitrogen and oxygen atoms in total. The maximum Gasteiger partial charge on any atom is 0.331 e. The van der Waals surface area contributed by atoms with Crippen LogP contribution in [-0.4, -0.2) is 54.1 Å². The second kappa shape index (κ2) is 7.86. The topological polar surface area (TPSA) is 86.7 Å². The van der Waals surface area contributed by atoms with Gasteiger partial charge >= 0.3 is 6.03 Å². The van der Waals surface area contributed by atoms with E-state index >= 15 is 0 Å². The van der Waals surface area contributed by atoms with Gasteiger partial charge in [-0.05, 0) is 36.4 Å². The first-order valence-electron chi connectivity index (χ1n) is 9.42. The van der Waals surface area contributed by atoms with Crippen LogP contribution in [0.4, 0.5) is 33.8 Å². The molecule has 154 valence electrons. The zero-order valence-corrected chi connectivity index (χ0v) is 17.3. The van der Waals surface area contributed by atoms with Crippen molar-refractivity contribution in [1.82, 2.24) is 19.9 Å². The predicted molar refractivity (Wildman–Crippen MR) is 116 cm³/mol. The van der Waals surface area contributed by atoms with Crippen LogP contribution in [0.2, 0.25) is 0 Å². The van der Waals surface area contributed by atoms with Crippen LogP contribution in [-0.2, 0) is 6.54 Å². The quantitative estimate of drug-likeness (QED) is 0.696. The average Bonchev–Trinajstić information content (AvgIpc) is 2.75. The van der Waals surface area contributed by atoms with E-state index in [4.69, 9.17) is 4.74 Å². The highest BCUT2D eigenvalue weighted by molar-refractivity contribution is 5.99. The fourth-order valence-electron chi connectivity index (χ4n) is 3.15. The minimum absolute atomic E-state index is 0.208. The van der Waals surface area contributed by atoms with E-state index in [0.717, 1.165) is 16.9 Å². The van der Waals surface area contributed by atoms with E-state index in [1.807, 2.05) is 43.3 Å². The highest BCUT2D eigenvalue weighted by Gasteiger charge is 2.32. The molecule has 1 aromatic carbocycles. The molecule has 3 heterocycles. The Morgan fingerprint density at radius 2 is 1.83 bits per heavy atom. The Morgan fingerprint density at radius 3 is 2.47 bits per heavy atom. The van der Waals surface area contributed by atoms with Crippen LogP contribution in [0.15, 0.2) is 48.8 Å². The first-order valence-corrected chi connectivity index (χ1v) is 9.42. The maximum atomic E-state index is 12.9. The number of benzene rings is 1. The van der Waals surface area contributed by atoms with Gasteiger partial charge in [0, 0.05) is 44.3 Å². The number of rotatable bonds is 5. The minimum Gasteiger partial charge on any atom is -0.495 e. The third-order valence-corrected chi connectivity index (χ3v) is 4.80. The van der Waals surface area contributed by atoms with Gasteiger partial charge in [-0.15, -0.1) is 0 Å². The second-order valence-electron chi connectivity index (χ2n) is 7.14. The zero-order valence-electron chi connectivity index (χ0n) is 17.3. The lowest BCUT2D eigenvalue weighted by atomic mass is 10.2. The van der Waals surface area contributed by atoms with Crippen molar-refractivity contribution in [2.75, 3.05) is 43.4 Å². The van der Waals surface area contributed by atoms with Crippen molar-refractivity contribution < 1.29 is 9.53 Å². The van der Waals surface area contributed by atoms with Gasteiger partial charge in [-0.2, -0.15) is 4.98 Å². The number of methoxy groups -OCH3 is 1. The first-order chi connectivity index (χ1) is 14.5. The molecule has 1 N–H and O–H groups in total. The van der Waals surface area contributed by atoms with Crippen molar-refractivity contribution in [3.63, 3.8) is 0 Å². The Balaban J connectivity index is 1.67. The normalized spacial score (nSPS) is 13.1. The monoisotopic (exact) mass is 405 g/mol. The van der Waals surface area contributed by atoms with Gasteiger partial charge in [-0.1, -0.05) is 0 Å². The van der Waals surface area contributed by atoms with E-state index in [1.54, 1.807) is 43.6 Å². The van der Waals surface area contributed by atoms with Crippen LogP contribution in [0.25, 0.3) is 0 Å². The molecule has 2 aromatic heterocycles. The van der Waals surface area contributed by atoms with Crippen LogP contribution in [0, 0.1) is 0 Å². The molecular weight excluding hydrogens is 382 g/mol. The number of nitrogens with one attached hydrogen (secondary N) is 1. The SMILES string of the molecule is COc1ccc(N2C(=O)N(C)Cc3cnc(Nc4ccc(N(C)C)cc4)nc32)nc1. The van der Waals surface area contributed by atoms with E-state index in [-0.39, 0.29) is 6.03 Å².